The summed E-state index contributed by atoms with van der Waals surface area (Å²) in [4.78, 5) is 15.2. The molecule has 0 spiro atoms. The van der Waals surface area contributed by atoms with Gasteiger partial charge in [0.05, 0.1) is 0 Å². The van der Waals surface area contributed by atoms with Crippen LogP contribution in [0, 0.1) is 22.7 Å². The largest absolute Gasteiger partial charge is 0.364 e. The Morgan fingerprint density at radius 1 is 1.26 bits per heavy atom. The van der Waals surface area contributed by atoms with Crippen LogP contribution in [0.1, 0.15) is 11.4 Å². The summed E-state index contributed by atoms with van der Waals surface area (Å²) >= 11 is 0. The Kier molecular flexibility index (Phi) is 2.13. The van der Waals surface area contributed by atoms with Gasteiger partial charge in [-0.25, -0.2) is 14.9 Å². The highest BCUT2D eigenvalue weighted by Gasteiger charge is 2.13. The first kappa shape index (κ1) is 10.7. The first-order valence-corrected chi connectivity index (χ1v) is 5.07. The monoisotopic (exact) mass is 252 g/mol. The number of fused-ring (bicyclic) bond motifs is 1. The van der Waals surface area contributed by atoms with Crippen LogP contribution in [-0.2, 0) is 0 Å². The summed E-state index contributed by atoms with van der Waals surface area (Å²) in [6.07, 6.45) is 1.30. The lowest BCUT2D eigenvalue weighted by Crippen LogP contribution is -2.14. The fraction of sp³-hybridized carbons (Fsp3) is 0. The number of nitriles is 2. The molecule has 0 aliphatic rings. The van der Waals surface area contributed by atoms with Gasteiger partial charge < -0.3 is 0 Å². The third kappa shape index (κ3) is 1.46. The van der Waals surface area contributed by atoms with Gasteiger partial charge in [0, 0.05) is 0 Å². The zero-order chi connectivity index (χ0) is 13.4. The van der Waals surface area contributed by atoms with Gasteiger partial charge in [0.1, 0.15) is 18.5 Å². The second-order valence-corrected chi connectivity index (χ2v) is 3.53. The van der Waals surface area contributed by atoms with Gasteiger partial charge in [-0.1, -0.05) is 0 Å². The van der Waals surface area contributed by atoms with Crippen molar-refractivity contribution in [1.82, 2.24) is 29.4 Å². The van der Waals surface area contributed by atoms with Gasteiger partial charge in [-0.3, -0.25) is 4.57 Å². The third-order valence-electron chi connectivity index (χ3n) is 2.49. The van der Waals surface area contributed by atoms with Crippen LogP contribution in [0.3, 0.4) is 0 Å². The van der Waals surface area contributed by atoms with Crippen molar-refractivity contribution in [2.75, 3.05) is 0 Å². The maximum absolute atomic E-state index is 11.4. The first-order chi connectivity index (χ1) is 9.24. The van der Waals surface area contributed by atoms with E-state index in [0.29, 0.717) is 11.5 Å². The van der Waals surface area contributed by atoms with Gasteiger partial charge in [0.2, 0.25) is 0 Å². The number of aromatic nitrogens is 6. The highest BCUT2D eigenvalue weighted by Crippen LogP contribution is 2.11. The van der Waals surface area contributed by atoms with Gasteiger partial charge in [0.25, 0.3) is 0 Å². The van der Waals surface area contributed by atoms with Crippen molar-refractivity contribution < 1.29 is 0 Å². The minimum Gasteiger partial charge on any atom is -0.272 e. The summed E-state index contributed by atoms with van der Waals surface area (Å²) in [5.74, 6) is 0.293. The van der Waals surface area contributed by atoms with Crippen LogP contribution >= 0.6 is 0 Å². The number of aromatic amines is 1. The van der Waals surface area contributed by atoms with Gasteiger partial charge in [-0.2, -0.15) is 20.1 Å². The number of imidazole rings is 1. The van der Waals surface area contributed by atoms with Crippen LogP contribution in [0.4, 0.5) is 0 Å². The van der Waals surface area contributed by atoms with Crippen LogP contribution in [0.15, 0.2) is 23.3 Å². The molecule has 9 nitrogen and oxygen atoms in total. The van der Waals surface area contributed by atoms with Crippen LogP contribution in [0.25, 0.3) is 11.5 Å². The molecule has 3 aromatic heterocycles. The molecule has 90 valence electrons. The molecule has 3 aromatic rings. The number of rotatable bonds is 1. The van der Waals surface area contributed by atoms with E-state index in [1.54, 1.807) is 12.1 Å². The van der Waals surface area contributed by atoms with Crippen LogP contribution in [0.5, 0.6) is 0 Å². The number of H-pyrrole nitrogens is 1. The van der Waals surface area contributed by atoms with Gasteiger partial charge in [0.15, 0.2) is 22.9 Å². The quantitative estimate of drug-likeness (QED) is 0.612. The summed E-state index contributed by atoms with van der Waals surface area (Å²) in [7, 11) is 0. The Labute approximate surface area is 105 Å². The van der Waals surface area contributed by atoms with Crippen LogP contribution in [0.2, 0.25) is 0 Å². The van der Waals surface area contributed by atoms with Gasteiger partial charge in [-0.15, -0.1) is 5.10 Å². The predicted octanol–water partition coefficient (Wildman–Crippen LogP) is -0.653. The molecule has 0 amide bonds. The van der Waals surface area contributed by atoms with E-state index in [1.165, 1.54) is 10.9 Å². The molecule has 0 aliphatic carbocycles. The summed E-state index contributed by atoms with van der Waals surface area (Å²) in [6, 6.07) is 6.82. The van der Waals surface area contributed by atoms with Crippen molar-refractivity contribution in [2.24, 2.45) is 0 Å². The summed E-state index contributed by atoms with van der Waals surface area (Å²) < 4.78 is 2.39. The number of hydrogen-bond donors (Lipinski definition) is 1. The standard InChI is InChI=1S/C10H4N8O/c11-3-6-7(4-12)17(5-13-6)9-2-1-8-14-15-10(19)18(8)16-9/h1-2,5H,(H,15,19). The summed E-state index contributed by atoms with van der Waals surface area (Å²) in [5, 5.41) is 27.9. The van der Waals surface area contributed by atoms with Crippen molar-refractivity contribution in [1.29, 1.82) is 10.5 Å². The number of nitrogens with one attached hydrogen (secondary N) is 1. The lowest BCUT2D eigenvalue weighted by atomic mass is 10.3. The van der Waals surface area contributed by atoms with E-state index < -0.39 is 5.69 Å². The lowest BCUT2D eigenvalue weighted by Gasteiger charge is -2.01. The molecule has 9 heteroatoms. The van der Waals surface area contributed by atoms with Crippen molar-refractivity contribution in [3.05, 3.63) is 40.3 Å². The molecular weight excluding hydrogens is 248 g/mol. The Hall–Kier alpha value is -3.46. The molecular formula is C10H4N8O. The van der Waals surface area contributed by atoms with E-state index in [1.807, 2.05) is 12.1 Å². The van der Waals surface area contributed by atoms with Gasteiger partial charge in [-0.05, 0) is 12.1 Å². The molecule has 0 aliphatic heterocycles. The summed E-state index contributed by atoms with van der Waals surface area (Å²) in [5.41, 5.74) is -0.0707. The molecule has 3 rings (SSSR count). The molecule has 0 atom stereocenters. The van der Waals surface area contributed by atoms with Crippen molar-refractivity contribution in [2.45, 2.75) is 0 Å². The van der Waals surface area contributed by atoms with E-state index in [0.717, 1.165) is 4.52 Å². The molecule has 0 radical (unpaired) electrons. The molecule has 3 heterocycles. The molecule has 0 aromatic carbocycles. The molecule has 1 N–H and O–H groups in total. The average molecular weight is 252 g/mol. The zero-order valence-corrected chi connectivity index (χ0v) is 9.27. The fourth-order valence-corrected chi connectivity index (χ4v) is 1.63. The molecule has 0 saturated carbocycles. The Balaban J connectivity index is 2.28. The predicted molar refractivity (Wildman–Crippen MR) is 60.2 cm³/mol. The lowest BCUT2D eigenvalue weighted by molar-refractivity contribution is 0.828. The molecule has 19 heavy (non-hydrogen) atoms. The van der Waals surface area contributed by atoms with Crippen LogP contribution in [-0.4, -0.2) is 29.4 Å². The smallest absolute Gasteiger partial charge is 0.272 e. The van der Waals surface area contributed by atoms with Crippen molar-refractivity contribution >= 4 is 5.65 Å². The van der Waals surface area contributed by atoms with Crippen molar-refractivity contribution in [3.63, 3.8) is 0 Å². The molecule has 0 fully saturated rings. The van der Waals surface area contributed by atoms with E-state index in [2.05, 4.69) is 20.3 Å². The van der Waals surface area contributed by atoms with E-state index >= 15 is 0 Å². The molecule has 0 unspecified atom stereocenters. The van der Waals surface area contributed by atoms with Gasteiger partial charge >= 0.3 is 5.69 Å². The van der Waals surface area contributed by atoms with E-state index in [9.17, 15) is 4.79 Å². The van der Waals surface area contributed by atoms with E-state index in [-0.39, 0.29) is 11.4 Å². The molecule has 0 saturated heterocycles. The minimum absolute atomic E-state index is 0.00365. The third-order valence-corrected chi connectivity index (χ3v) is 2.49. The first-order valence-electron chi connectivity index (χ1n) is 5.07. The Bertz CT molecular complexity index is 916. The molecule has 0 bridgehead atoms. The maximum atomic E-state index is 11.4. The highest BCUT2D eigenvalue weighted by molar-refractivity contribution is 5.44. The number of hydrogen-bond acceptors (Lipinski definition) is 6. The topological polar surface area (TPSA) is 128 Å². The minimum atomic E-state index is -0.490. The highest BCUT2D eigenvalue weighted by atomic mass is 16.2. The zero-order valence-electron chi connectivity index (χ0n) is 9.27. The average Bonchev–Trinajstić information content (AvgIpc) is 3.02. The SMILES string of the molecule is N#Cc1ncn(-c2ccc3n[nH]c(=O)n3n2)c1C#N. The van der Waals surface area contributed by atoms with Crippen molar-refractivity contribution in [3.8, 4) is 18.0 Å². The fourth-order valence-electron chi connectivity index (χ4n) is 1.63. The Morgan fingerprint density at radius 3 is 2.84 bits per heavy atom. The maximum Gasteiger partial charge on any atom is 0.364 e. The summed E-state index contributed by atoms with van der Waals surface area (Å²) in [6.45, 7) is 0. The van der Waals surface area contributed by atoms with Crippen LogP contribution < -0.4 is 5.69 Å². The number of nitrogens with zero attached hydrogens (tertiary/aromatic N) is 7. The second kappa shape index (κ2) is 3.78. The normalized spacial score (nSPS) is 10.2. The van der Waals surface area contributed by atoms with E-state index in [4.69, 9.17) is 10.5 Å². The Morgan fingerprint density at radius 2 is 2.11 bits per heavy atom. The second-order valence-electron chi connectivity index (χ2n) is 3.53.